The minimum Gasteiger partial charge on any atom is -0.354 e. The molecule has 2 bridgehead atoms. The lowest BCUT2D eigenvalue weighted by atomic mass is 10.1. The van der Waals surface area contributed by atoms with Crippen LogP contribution in [-0.2, 0) is 9.59 Å². The van der Waals surface area contributed by atoms with Gasteiger partial charge >= 0.3 is 0 Å². The maximum atomic E-state index is 12.2. The lowest BCUT2D eigenvalue weighted by Gasteiger charge is -2.26. The Morgan fingerprint density at radius 1 is 1.33 bits per heavy atom. The molecule has 3 rings (SSSR count). The molecule has 0 spiro atoms. The Labute approximate surface area is 128 Å². The van der Waals surface area contributed by atoms with Crippen LogP contribution in [0, 0.1) is 0 Å². The molecule has 2 amide bonds. The molecule has 2 unspecified atom stereocenters. The Hall–Kier alpha value is -1.59. The number of hydrogen-bond donors (Lipinski definition) is 2. The van der Waals surface area contributed by atoms with Crippen molar-refractivity contribution < 1.29 is 9.59 Å². The molecule has 6 heteroatoms. The summed E-state index contributed by atoms with van der Waals surface area (Å²) in [4.78, 5) is 26.0. The zero-order valence-electron chi connectivity index (χ0n) is 11.6. The van der Waals surface area contributed by atoms with Crippen LogP contribution in [0.4, 0.5) is 5.69 Å². The van der Waals surface area contributed by atoms with E-state index < -0.39 is 0 Å². The molecule has 1 aromatic rings. The number of nitrogens with zero attached hydrogens (tertiary/aromatic N) is 1. The van der Waals surface area contributed by atoms with Crippen LogP contribution in [0.15, 0.2) is 24.3 Å². The highest BCUT2D eigenvalue weighted by atomic mass is 35.5. The zero-order valence-corrected chi connectivity index (χ0v) is 12.4. The number of hydrogen-bond acceptors (Lipinski definition) is 3. The van der Waals surface area contributed by atoms with Crippen molar-refractivity contribution in [3.05, 3.63) is 29.3 Å². The molecule has 112 valence electrons. The van der Waals surface area contributed by atoms with Crippen LogP contribution in [0.1, 0.15) is 19.3 Å². The van der Waals surface area contributed by atoms with Gasteiger partial charge in [-0.1, -0.05) is 23.7 Å². The molecule has 2 saturated heterocycles. The Kier molecular flexibility index (Phi) is 4.12. The smallest absolute Gasteiger partial charge is 0.238 e. The van der Waals surface area contributed by atoms with Gasteiger partial charge in [0.05, 0.1) is 17.3 Å². The van der Waals surface area contributed by atoms with E-state index >= 15 is 0 Å². The number of nitrogens with one attached hydrogen (secondary N) is 2. The molecule has 21 heavy (non-hydrogen) atoms. The summed E-state index contributed by atoms with van der Waals surface area (Å²) >= 11 is 6.04. The first-order chi connectivity index (χ1) is 10.1. The number of carbonyl (C=O) groups excluding carboxylic acids is 2. The fourth-order valence-electron chi connectivity index (χ4n) is 3.15. The molecule has 1 aromatic carbocycles. The summed E-state index contributed by atoms with van der Waals surface area (Å²) in [6.45, 7) is 0.935. The first kappa shape index (κ1) is 14.4. The van der Waals surface area contributed by atoms with Crippen LogP contribution < -0.4 is 10.6 Å². The lowest BCUT2D eigenvalue weighted by Crippen LogP contribution is -2.42. The molecule has 2 aliphatic rings. The van der Waals surface area contributed by atoms with Gasteiger partial charge in [-0.15, -0.1) is 0 Å². The number of rotatable bonds is 3. The lowest BCUT2D eigenvalue weighted by molar-refractivity contribution is -0.122. The van der Waals surface area contributed by atoms with Crippen molar-refractivity contribution in [2.75, 3.05) is 18.4 Å². The molecule has 2 aliphatic heterocycles. The van der Waals surface area contributed by atoms with E-state index in [4.69, 9.17) is 11.6 Å². The average Bonchev–Trinajstić information content (AvgIpc) is 2.72. The van der Waals surface area contributed by atoms with Crippen molar-refractivity contribution in [1.29, 1.82) is 0 Å². The first-order valence-electron chi connectivity index (χ1n) is 7.20. The first-order valence-corrected chi connectivity index (χ1v) is 7.58. The third-order valence-corrected chi connectivity index (χ3v) is 4.53. The molecule has 2 N–H and O–H groups in total. The zero-order chi connectivity index (χ0) is 14.8. The number of anilines is 1. The predicted octanol–water partition coefficient (Wildman–Crippen LogP) is 1.63. The molecule has 5 nitrogen and oxygen atoms in total. The maximum Gasteiger partial charge on any atom is 0.238 e. The number of carbonyl (C=O) groups is 2. The van der Waals surface area contributed by atoms with E-state index in [1.807, 2.05) is 12.1 Å². The van der Waals surface area contributed by atoms with Gasteiger partial charge in [-0.25, -0.2) is 0 Å². The molecule has 2 atom stereocenters. The molecule has 0 aromatic heterocycles. The highest BCUT2D eigenvalue weighted by Crippen LogP contribution is 2.28. The summed E-state index contributed by atoms with van der Waals surface area (Å²) in [6, 6.07) is 7.62. The van der Waals surface area contributed by atoms with Crippen molar-refractivity contribution in [3.8, 4) is 0 Å². The number of amides is 2. The molecular weight excluding hydrogens is 290 g/mol. The van der Waals surface area contributed by atoms with Gasteiger partial charge in [0.2, 0.25) is 11.8 Å². The van der Waals surface area contributed by atoms with Gasteiger partial charge in [0.1, 0.15) is 0 Å². The summed E-state index contributed by atoms with van der Waals surface area (Å²) in [5.41, 5.74) is 0.625. The largest absolute Gasteiger partial charge is 0.354 e. The van der Waals surface area contributed by atoms with Crippen LogP contribution in [0.3, 0.4) is 0 Å². The van der Waals surface area contributed by atoms with Crippen molar-refractivity contribution in [3.63, 3.8) is 0 Å². The van der Waals surface area contributed by atoms with Gasteiger partial charge in [-0.3, -0.25) is 14.5 Å². The van der Waals surface area contributed by atoms with Crippen LogP contribution in [0.2, 0.25) is 5.02 Å². The van der Waals surface area contributed by atoms with E-state index in [1.165, 1.54) is 0 Å². The summed E-state index contributed by atoms with van der Waals surface area (Å²) in [7, 11) is 0. The molecule has 0 saturated carbocycles. The van der Waals surface area contributed by atoms with Crippen LogP contribution in [0.25, 0.3) is 0 Å². The number of fused-ring (bicyclic) bond motifs is 2. The van der Waals surface area contributed by atoms with Crippen LogP contribution in [0.5, 0.6) is 0 Å². The topological polar surface area (TPSA) is 61.4 Å². The normalized spacial score (nSPS) is 25.3. The molecule has 2 heterocycles. The van der Waals surface area contributed by atoms with E-state index in [1.54, 1.807) is 12.1 Å². The van der Waals surface area contributed by atoms with E-state index in [2.05, 4.69) is 15.5 Å². The average molecular weight is 308 g/mol. The van der Waals surface area contributed by atoms with Gasteiger partial charge in [-0.2, -0.15) is 0 Å². The fraction of sp³-hybridized carbons (Fsp3) is 0.467. The van der Waals surface area contributed by atoms with Crippen molar-refractivity contribution >= 4 is 29.1 Å². The SMILES string of the molecule is O=C1CC2CCC(CN1)N2CC(=O)Nc1ccccc1Cl. The van der Waals surface area contributed by atoms with E-state index in [-0.39, 0.29) is 23.9 Å². The predicted molar refractivity (Wildman–Crippen MR) is 81.2 cm³/mol. The summed E-state index contributed by atoms with van der Waals surface area (Å²) < 4.78 is 0. The van der Waals surface area contributed by atoms with Gasteiger partial charge in [-0.05, 0) is 25.0 Å². The van der Waals surface area contributed by atoms with Crippen molar-refractivity contribution in [2.24, 2.45) is 0 Å². The Morgan fingerprint density at radius 3 is 2.90 bits per heavy atom. The quantitative estimate of drug-likeness (QED) is 0.892. The minimum atomic E-state index is -0.0886. The third kappa shape index (κ3) is 3.19. The Morgan fingerprint density at radius 2 is 2.10 bits per heavy atom. The number of benzene rings is 1. The van der Waals surface area contributed by atoms with Gasteiger partial charge in [0.25, 0.3) is 0 Å². The second kappa shape index (κ2) is 6.03. The standard InChI is InChI=1S/C15H18ClN3O2/c16-12-3-1-2-4-13(12)18-15(21)9-19-10-5-6-11(19)8-17-14(20)7-10/h1-4,10-11H,5-9H2,(H,17,20)(H,18,21). The molecule has 0 aliphatic carbocycles. The number of halogens is 1. The second-order valence-electron chi connectivity index (χ2n) is 5.59. The minimum absolute atomic E-state index is 0.0821. The third-order valence-electron chi connectivity index (χ3n) is 4.20. The van der Waals surface area contributed by atoms with E-state index in [9.17, 15) is 9.59 Å². The van der Waals surface area contributed by atoms with E-state index in [0.29, 0.717) is 30.2 Å². The highest BCUT2D eigenvalue weighted by Gasteiger charge is 2.38. The summed E-state index contributed by atoms with van der Waals surface area (Å²) in [5, 5.41) is 6.27. The van der Waals surface area contributed by atoms with Crippen LogP contribution >= 0.6 is 11.6 Å². The van der Waals surface area contributed by atoms with Crippen molar-refractivity contribution in [1.82, 2.24) is 10.2 Å². The number of para-hydroxylation sites is 1. The molecular formula is C15H18ClN3O2. The maximum absolute atomic E-state index is 12.2. The second-order valence-corrected chi connectivity index (χ2v) is 6.00. The molecule has 0 radical (unpaired) electrons. The Balaban J connectivity index is 1.65. The van der Waals surface area contributed by atoms with Gasteiger partial charge in [0, 0.05) is 25.0 Å². The fourth-order valence-corrected chi connectivity index (χ4v) is 3.33. The van der Waals surface area contributed by atoms with E-state index in [0.717, 1.165) is 12.8 Å². The summed E-state index contributed by atoms with van der Waals surface area (Å²) in [6.07, 6.45) is 2.50. The monoisotopic (exact) mass is 307 g/mol. The van der Waals surface area contributed by atoms with Gasteiger partial charge in [0.15, 0.2) is 0 Å². The van der Waals surface area contributed by atoms with Crippen molar-refractivity contribution in [2.45, 2.75) is 31.3 Å². The van der Waals surface area contributed by atoms with Crippen LogP contribution in [-0.4, -0.2) is 41.9 Å². The molecule has 2 fully saturated rings. The summed E-state index contributed by atoms with van der Waals surface area (Å²) in [5.74, 6) is -0.00643. The Bertz CT molecular complexity index is 564. The highest BCUT2D eigenvalue weighted by molar-refractivity contribution is 6.33. The van der Waals surface area contributed by atoms with Gasteiger partial charge < -0.3 is 10.6 Å².